The lowest BCUT2D eigenvalue weighted by atomic mass is 9.73. The highest BCUT2D eigenvalue weighted by molar-refractivity contribution is 6.34. The van der Waals surface area contributed by atoms with E-state index in [0.717, 1.165) is 18.4 Å². The monoisotopic (exact) mass is 555 g/mol. The van der Waals surface area contributed by atoms with Crippen LogP contribution in [0.3, 0.4) is 0 Å². The highest BCUT2D eigenvalue weighted by Gasteiger charge is 2.75. The number of benzene rings is 1. The van der Waals surface area contributed by atoms with Crippen molar-refractivity contribution in [3.8, 4) is 0 Å². The summed E-state index contributed by atoms with van der Waals surface area (Å²) < 4.78 is 6.96. The largest absolute Gasteiger partial charge is 0.396 e. The molecule has 5 rings (SSSR count). The minimum atomic E-state index is -1.28. The Morgan fingerprint density at radius 2 is 1.74 bits per heavy atom. The molecule has 9 heteroatoms. The first-order valence-corrected chi connectivity index (χ1v) is 14.4. The third kappa shape index (κ3) is 4.32. The maximum absolute atomic E-state index is 14.6. The van der Waals surface area contributed by atoms with Crippen molar-refractivity contribution in [2.24, 2.45) is 11.8 Å². The zero-order valence-electron chi connectivity index (χ0n) is 22.9. The molecular formula is C30H38ClN3O5. The van der Waals surface area contributed by atoms with Crippen LogP contribution in [-0.2, 0) is 19.1 Å². The Hall–Kier alpha value is -2.68. The Morgan fingerprint density at radius 1 is 1.00 bits per heavy atom. The number of amides is 3. The number of carbonyl (C=O) groups excluding carboxylic acids is 3. The average molecular weight is 556 g/mol. The van der Waals surface area contributed by atoms with Crippen LogP contribution in [0.15, 0.2) is 42.5 Å². The first-order valence-electron chi connectivity index (χ1n) is 14.0. The second kappa shape index (κ2) is 10.7. The van der Waals surface area contributed by atoms with Gasteiger partial charge in [0, 0.05) is 33.3 Å². The molecule has 1 aromatic rings. The van der Waals surface area contributed by atoms with Crippen molar-refractivity contribution < 1.29 is 24.2 Å². The van der Waals surface area contributed by atoms with E-state index in [4.69, 9.17) is 21.4 Å². The molecule has 1 spiro atoms. The number of hydrogen-bond acceptors (Lipinski definition) is 5. The number of aliphatic hydroxyl groups is 1. The van der Waals surface area contributed by atoms with Crippen LogP contribution in [-0.4, -0.2) is 83.2 Å². The third-order valence-corrected chi connectivity index (χ3v) is 9.21. The number of nitrogens with zero attached hydrogens (tertiary/aromatic N) is 3. The summed E-state index contributed by atoms with van der Waals surface area (Å²) in [7, 11) is 1.75. The number of likely N-dealkylation sites (tertiary alicyclic amines) is 1. The number of unbranched alkanes of at least 4 members (excludes halogenated alkanes) is 3. The predicted molar refractivity (Wildman–Crippen MR) is 149 cm³/mol. The normalized spacial score (nSPS) is 31.9. The maximum Gasteiger partial charge on any atom is 0.253 e. The van der Waals surface area contributed by atoms with E-state index in [0.29, 0.717) is 43.1 Å². The van der Waals surface area contributed by atoms with Gasteiger partial charge in [-0.15, -0.1) is 0 Å². The number of halogens is 1. The zero-order valence-corrected chi connectivity index (χ0v) is 23.7. The van der Waals surface area contributed by atoms with Gasteiger partial charge in [-0.25, -0.2) is 0 Å². The smallest absolute Gasteiger partial charge is 0.253 e. The number of aryl methyl sites for hydroxylation is 1. The summed E-state index contributed by atoms with van der Waals surface area (Å²) in [5.74, 6) is -2.15. The first-order chi connectivity index (χ1) is 18.7. The zero-order chi connectivity index (χ0) is 27.9. The van der Waals surface area contributed by atoms with Crippen LogP contribution < -0.4 is 4.90 Å². The van der Waals surface area contributed by atoms with Gasteiger partial charge in [-0.2, -0.15) is 0 Å². The maximum atomic E-state index is 14.6. The quantitative estimate of drug-likeness (QED) is 0.392. The van der Waals surface area contributed by atoms with Gasteiger partial charge in [-0.05, 0) is 37.8 Å². The van der Waals surface area contributed by atoms with Crippen molar-refractivity contribution in [1.29, 1.82) is 0 Å². The van der Waals surface area contributed by atoms with E-state index >= 15 is 0 Å². The van der Waals surface area contributed by atoms with Crippen molar-refractivity contribution in [3.05, 3.63) is 53.1 Å². The second-order valence-electron chi connectivity index (χ2n) is 11.2. The SMILES string of the molecule is CC[C@@]12C=CCN(C)C(=O)[C@@H]1[C@H]1C(=O)N(CCCCCCO)C3C(=O)N(c4c(C)cccc4Cl)CC=C[C@@]31O2. The molecule has 2 fully saturated rings. The third-order valence-electron chi connectivity index (χ3n) is 8.91. The minimum absolute atomic E-state index is 0.129. The molecule has 4 aliphatic rings. The molecule has 0 radical (unpaired) electrons. The van der Waals surface area contributed by atoms with Gasteiger partial charge in [0.05, 0.1) is 28.1 Å². The van der Waals surface area contributed by atoms with Crippen LogP contribution in [0.4, 0.5) is 5.69 Å². The van der Waals surface area contributed by atoms with E-state index in [1.54, 1.807) is 27.8 Å². The molecule has 1 aromatic carbocycles. The van der Waals surface area contributed by atoms with Crippen molar-refractivity contribution in [2.75, 3.05) is 38.2 Å². The van der Waals surface area contributed by atoms with E-state index in [2.05, 4.69) is 0 Å². The first kappa shape index (κ1) is 27.9. The molecule has 2 saturated heterocycles. The van der Waals surface area contributed by atoms with Crippen LogP contribution in [0.25, 0.3) is 0 Å². The Labute approximate surface area is 235 Å². The molecule has 5 atom stereocenters. The number of aliphatic hydroxyl groups excluding tert-OH is 1. The van der Waals surface area contributed by atoms with Gasteiger partial charge in [-0.3, -0.25) is 14.4 Å². The molecule has 0 saturated carbocycles. The van der Waals surface area contributed by atoms with Gasteiger partial charge in [0.2, 0.25) is 11.8 Å². The van der Waals surface area contributed by atoms with Crippen LogP contribution in [0.2, 0.25) is 5.02 Å². The van der Waals surface area contributed by atoms with Gasteiger partial charge in [0.1, 0.15) is 11.6 Å². The molecule has 0 bridgehead atoms. The summed E-state index contributed by atoms with van der Waals surface area (Å²) in [6.45, 7) is 5.11. The summed E-state index contributed by atoms with van der Waals surface area (Å²) in [5.41, 5.74) is -0.771. The molecule has 4 aliphatic heterocycles. The number of ether oxygens (including phenoxy) is 1. The van der Waals surface area contributed by atoms with Gasteiger partial charge in [0.15, 0.2) is 0 Å². The van der Waals surface area contributed by atoms with Gasteiger partial charge < -0.3 is 24.5 Å². The van der Waals surface area contributed by atoms with Crippen molar-refractivity contribution in [1.82, 2.24) is 9.80 Å². The molecule has 1 N–H and O–H groups in total. The predicted octanol–water partition coefficient (Wildman–Crippen LogP) is 3.49. The topological polar surface area (TPSA) is 90.4 Å². The van der Waals surface area contributed by atoms with Gasteiger partial charge >= 0.3 is 0 Å². The summed E-state index contributed by atoms with van der Waals surface area (Å²) in [4.78, 5) is 47.7. The standard InChI is InChI=1S/C30H38ClN3O5/c1-4-29-14-10-16-32(3)26(36)22(29)23-27(37)34(17-7-5-6-8-19-35)25-28(38)33(18-11-15-30(23,25)39-29)24-20(2)12-9-13-21(24)31/h9-15,22-23,25,35H,4-8,16-19H2,1-3H3/t22-,23-,25?,29+,30-/m0/s1. The Kier molecular flexibility index (Phi) is 7.65. The number of para-hydroxylation sites is 1. The van der Waals surface area contributed by atoms with E-state index in [1.807, 2.05) is 50.3 Å². The van der Waals surface area contributed by atoms with E-state index in [9.17, 15) is 14.4 Å². The highest BCUT2D eigenvalue weighted by atomic mass is 35.5. The van der Waals surface area contributed by atoms with Gasteiger partial charge in [0.25, 0.3) is 5.91 Å². The number of hydrogen-bond donors (Lipinski definition) is 1. The van der Waals surface area contributed by atoms with E-state index in [1.165, 1.54) is 0 Å². The lowest BCUT2D eigenvalue weighted by Gasteiger charge is -2.38. The fraction of sp³-hybridized carbons (Fsp3) is 0.567. The highest BCUT2D eigenvalue weighted by Crippen LogP contribution is 2.58. The molecule has 39 heavy (non-hydrogen) atoms. The molecular weight excluding hydrogens is 518 g/mol. The number of rotatable bonds is 8. The fourth-order valence-electron chi connectivity index (χ4n) is 7.03. The lowest BCUT2D eigenvalue weighted by Crippen LogP contribution is -2.56. The molecule has 1 unspecified atom stereocenters. The van der Waals surface area contributed by atoms with Crippen LogP contribution in [0.5, 0.6) is 0 Å². The molecule has 210 valence electrons. The fourth-order valence-corrected chi connectivity index (χ4v) is 7.36. The van der Waals surface area contributed by atoms with Gasteiger partial charge in [-0.1, -0.05) is 67.8 Å². The Bertz CT molecular complexity index is 1200. The number of carbonyl (C=O) groups is 3. The second-order valence-corrected chi connectivity index (χ2v) is 11.6. The molecule has 0 aliphatic carbocycles. The summed E-state index contributed by atoms with van der Waals surface area (Å²) in [6.07, 6.45) is 11.2. The molecule has 8 nitrogen and oxygen atoms in total. The van der Waals surface area contributed by atoms with E-state index in [-0.39, 0.29) is 30.9 Å². The Morgan fingerprint density at radius 3 is 2.46 bits per heavy atom. The van der Waals surface area contributed by atoms with Crippen LogP contribution in [0.1, 0.15) is 44.6 Å². The molecule has 0 aromatic heterocycles. The molecule has 4 heterocycles. The van der Waals surface area contributed by atoms with Crippen LogP contribution in [0, 0.1) is 18.8 Å². The van der Waals surface area contributed by atoms with Crippen LogP contribution >= 0.6 is 11.6 Å². The number of anilines is 1. The summed E-state index contributed by atoms with van der Waals surface area (Å²) in [5, 5.41) is 9.63. The number of fused-ring (bicyclic) bond motifs is 2. The summed E-state index contributed by atoms with van der Waals surface area (Å²) in [6, 6.07) is 4.60. The average Bonchev–Trinajstić information content (AvgIpc) is 3.21. The summed E-state index contributed by atoms with van der Waals surface area (Å²) >= 11 is 6.62. The van der Waals surface area contributed by atoms with E-state index < -0.39 is 29.1 Å². The lowest BCUT2D eigenvalue weighted by molar-refractivity contribution is -0.149. The number of likely N-dealkylation sites (N-methyl/N-ethyl adjacent to an activating group) is 1. The van der Waals surface area contributed by atoms with Crippen molar-refractivity contribution in [3.63, 3.8) is 0 Å². The Balaban J connectivity index is 1.62. The minimum Gasteiger partial charge on any atom is -0.396 e. The van der Waals surface area contributed by atoms with Crippen molar-refractivity contribution in [2.45, 2.75) is 63.2 Å². The molecule has 3 amide bonds. The van der Waals surface area contributed by atoms with Crippen molar-refractivity contribution >= 4 is 35.0 Å².